The van der Waals surface area contributed by atoms with Crippen LogP contribution in [0.1, 0.15) is 155 Å². The van der Waals surface area contributed by atoms with Crippen LogP contribution in [-0.2, 0) is 37.5 Å². The number of ether oxygens (including phenoxy) is 2. The highest BCUT2D eigenvalue weighted by Crippen LogP contribution is 2.43. The van der Waals surface area contributed by atoms with Crippen molar-refractivity contribution in [3.05, 3.63) is 60.8 Å². The second-order valence-corrected chi connectivity index (χ2v) is 14.8. The van der Waals surface area contributed by atoms with Crippen molar-refractivity contribution in [1.29, 1.82) is 0 Å². The molecule has 54 heavy (non-hydrogen) atoms. The summed E-state index contributed by atoms with van der Waals surface area (Å²) in [7, 11) is -4.73. The number of phosphoric ester groups is 1. The molecule has 0 rings (SSSR count). The Bertz CT molecular complexity index is 1150. The Morgan fingerprint density at radius 2 is 1.04 bits per heavy atom. The molecule has 0 radical (unpaired) electrons. The second kappa shape index (κ2) is 37.1. The van der Waals surface area contributed by atoms with E-state index in [0.717, 1.165) is 77.0 Å². The molecule has 12 heteroatoms. The van der Waals surface area contributed by atoms with Gasteiger partial charge in [0.25, 0.3) is 0 Å². The molecule has 11 nitrogen and oxygen atoms in total. The monoisotopic (exact) mass is 781 g/mol. The number of rotatable bonds is 37. The van der Waals surface area contributed by atoms with Crippen molar-refractivity contribution in [2.24, 2.45) is 5.73 Å². The Balaban J connectivity index is 4.50. The number of carbonyl (C=O) groups is 3. The van der Waals surface area contributed by atoms with E-state index in [-0.39, 0.29) is 19.4 Å². The Kier molecular flexibility index (Phi) is 35.2. The van der Waals surface area contributed by atoms with E-state index in [9.17, 15) is 23.8 Å². The molecule has 0 spiro atoms. The largest absolute Gasteiger partial charge is 0.480 e. The van der Waals surface area contributed by atoms with E-state index in [0.29, 0.717) is 12.8 Å². The summed E-state index contributed by atoms with van der Waals surface area (Å²) < 4.78 is 32.6. The van der Waals surface area contributed by atoms with Gasteiger partial charge in [0.15, 0.2) is 6.10 Å². The predicted octanol–water partition coefficient (Wildman–Crippen LogP) is 10.4. The van der Waals surface area contributed by atoms with Crippen LogP contribution in [0, 0.1) is 0 Å². The first-order valence-electron chi connectivity index (χ1n) is 20.3. The smallest absolute Gasteiger partial charge is 0.472 e. The van der Waals surface area contributed by atoms with Crippen LogP contribution in [0.5, 0.6) is 0 Å². The summed E-state index contributed by atoms with van der Waals surface area (Å²) in [6.45, 7) is 2.61. The first-order chi connectivity index (χ1) is 26.1. The second-order valence-electron chi connectivity index (χ2n) is 13.4. The third kappa shape index (κ3) is 36.2. The zero-order valence-electron chi connectivity index (χ0n) is 33.3. The number of carbonyl (C=O) groups excluding carboxylic acids is 2. The van der Waals surface area contributed by atoms with Gasteiger partial charge in [0.2, 0.25) is 0 Å². The minimum atomic E-state index is -4.73. The Morgan fingerprint density at radius 3 is 1.61 bits per heavy atom. The minimum absolute atomic E-state index is 0.105. The lowest BCUT2D eigenvalue weighted by atomic mass is 10.1. The van der Waals surface area contributed by atoms with Crippen LogP contribution < -0.4 is 5.73 Å². The molecule has 0 aliphatic carbocycles. The minimum Gasteiger partial charge on any atom is -0.480 e. The molecule has 0 amide bonds. The van der Waals surface area contributed by atoms with E-state index >= 15 is 0 Å². The van der Waals surface area contributed by atoms with Crippen molar-refractivity contribution in [2.45, 2.75) is 167 Å². The predicted molar refractivity (Wildman–Crippen MR) is 217 cm³/mol. The Hall–Kier alpha value is -2.82. The highest BCUT2D eigenvalue weighted by Gasteiger charge is 2.28. The standard InChI is InChI=1S/C42H72NO10P/c1-3-5-7-9-11-13-15-17-19-21-23-25-27-29-31-33-40(44)50-35-38(36-51-54(48,49)52-37-39(43)42(46)47)53-41(45)34-32-30-28-26-24-22-20-18-16-14-12-10-8-6-4-2/h6,8,12,14,17-20,24,26,38-39H,3-5,7,9-11,13,15-16,21-23,25,27-37,43H2,1-2H3,(H,46,47)(H,48,49)/b8-6-,14-12-,19-17-,20-18-,26-24-/t38-,39+/m1/s1. The first kappa shape index (κ1) is 51.2. The molecule has 0 saturated carbocycles. The van der Waals surface area contributed by atoms with Gasteiger partial charge in [-0.25, -0.2) is 4.57 Å². The number of esters is 2. The average molecular weight is 782 g/mol. The SMILES string of the molecule is CC/C=C\C/C=C\C/C=C\C/C=C\CCCCC(=O)O[C@H](COC(=O)CCCCCCC/C=C\CCCCCCCC)COP(=O)(O)OC[C@H](N)C(=O)O. The number of hydrogen-bond donors (Lipinski definition) is 3. The average Bonchev–Trinajstić information content (AvgIpc) is 3.14. The van der Waals surface area contributed by atoms with Crippen molar-refractivity contribution in [3.8, 4) is 0 Å². The van der Waals surface area contributed by atoms with Gasteiger partial charge in [-0.2, -0.15) is 0 Å². The van der Waals surface area contributed by atoms with Crippen molar-refractivity contribution in [3.63, 3.8) is 0 Å². The van der Waals surface area contributed by atoms with Gasteiger partial charge >= 0.3 is 25.7 Å². The third-order valence-corrected chi connectivity index (χ3v) is 9.20. The number of carboxylic acid groups (broad SMARTS) is 1. The number of carboxylic acids is 1. The van der Waals surface area contributed by atoms with E-state index in [2.05, 4.69) is 79.1 Å². The summed E-state index contributed by atoms with van der Waals surface area (Å²) in [5.74, 6) is -2.45. The van der Waals surface area contributed by atoms with Gasteiger partial charge in [-0.3, -0.25) is 23.4 Å². The zero-order valence-corrected chi connectivity index (χ0v) is 34.2. The van der Waals surface area contributed by atoms with E-state index in [1.165, 1.54) is 38.5 Å². The lowest BCUT2D eigenvalue weighted by molar-refractivity contribution is -0.161. The van der Waals surface area contributed by atoms with Gasteiger partial charge in [0, 0.05) is 12.8 Å². The fraction of sp³-hybridized carbons (Fsp3) is 0.690. The van der Waals surface area contributed by atoms with Gasteiger partial charge in [0.05, 0.1) is 13.2 Å². The van der Waals surface area contributed by atoms with E-state index < -0.39 is 51.1 Å². The van der Waals surface area contributed by atoms with E-state index in [1.54, 1.807) is 0 Å². The summed E-state index contributed by atoms with van der Waals surface area (Å²) in [5, 5.41) is 8.87. The van der Waals surface area contributed by atoms with Gasteiger partial charge in [0.1, 0.15) is 12.6 Å². The van der Waals surface area contributed by atoms with E-state index in [1.807, 2.05) is 0 Å². The van der Waals surface area contributed by atoms with Crippen molar-refractivity contribution >= 4 is 25.7 Å². The van der Waals surface area contributed by atoms with Crippen LogP contribution in [0.4, 0.5) is 0 Å². The van der Waals surface area contributed by atoms with Gasteiger partial charge < -0.3 is 25.2 Å². The Morgan fingerprint density at radius 1 is 0.593 bits per heavy atom. The third-order valence-electron chi connectivity index (χ3n) is 8.25. The lowest BCUT2D eigenvalue weighted by Crippen LogP contribution is -2.34. The lowest BCUT2D eigenvalue weighted by Gasteiger charge is -2.20. The molecule has 0 aliphatic rings. The zero-order chi connectivity index (χ0) is 40.0. The highest BCUT2D eigenvalue weighted by molar-refractivity contribution is 7.47. The normalized spacial score (nSPS) is 14.4. The summed E-state index contributed by atoms with van der Waals surface area (Å²) in [6, 6.07) is -1.53. The molecular weight excluding hydrogens is 709 g/mol. The molecule has 1 unspecified atom stereocenters. The van der Waals surface area contributed by atoms with Crippen LogP contribution in [-0.4, -0.2) is 59.9 Å². The molecule has 0 aromatic rings. The van der Waals surface area contributed by atoms with Crippen LogP contribution in [0.2, 0.25) is 0 Å². The maximum Gasteiger partial charge on any atom is 0.472 e. The fourth-order valence-corrected chi connectivity index (χ4v) is 5.83. The first-order valence-corrected chi connectivity index (χ1v) is 21.8. The molecule has 0 aliphatic heterocycles. The molecule has 0 heterocycles. The highest BCUT2D eigenvalue weighted by atomic mass is 31.2. The van der Waals surface area contributed by atoms with Crippen molar-refractivity contribution in [1.82, 2.24) is 0 Å². The number of phosphoric acid groups is 1. The molecule has 0 fully saturated rings. The molecule has 0 bridgehead atoms. The molecule has 0 aromatic carbocycles. The van der Waals surface area contributed by atoms with Gasteiger partial charge in [-0.05, 0) is 77.0 Å². The molecular formula is C42H72NO10P. The number of allylic oxidation sites excluding steroid dienone is 10. The number of hydrogen-bond acceptors (Lipinski definition) is 9. The van der Waals surface area contributed by atoms with Crippen molar-refractivity contribution < 1.29 is 47.5 Å². The number of unbranched alkanes of at least 4 members (excludes halogenated alkanes) is 13. The molecule has 310 valence electrons. The van der Waals surface area contributed by atoms with Crippen LogP contribution in [0.25, 0.3) is 0 Å². The van der Waals surface area contributed by atoms with E-state index in [4.69, 9.17) is 24.8 Å². The molecule has 4 N–H and O–H groups in total. The molecule has 0 aromatic heterocycles. The summed E-state index contributed by atoms with van der Waals surface area (Å²) in [4.78, 5) is 45.8. The molecule has 0 saturated heterocycles. The Labute approximate surface area is 326 Å². The summed E-state index contributed by atoms with van der Waals surface area (Å²) in [6.07, 6.45) is 41.5. The fourth-order valence-electron chi connectivity index (χ4n) is 5.05. The topological polar surface area (TPSA) is 172 Å². The van der Waals surface area contributed by atoms with Gasteiger partial charge in [-0.1, -0.05) is 126 Å². The maximum atomic E-state index is 12.6. The number of nitrogens with two attached hydrogens (primary N) is 1. The number of aliphatic carboxylic acids is 1. The maximum absolute atomic E-state index is 12.6. The quantitative estimate of drug-likeness (QED) is 0.0237. The summed E-state index contributed by atoms with van der Waals surface area (Å²) >= 11 is 0. The summed E-state index contributed by atoms with van der Waals surface area (Å²) in [5.41, 5.74) is 5.32. The van der Waals surface area contributed by atoms with Crippen LogP contribution in [0.15, 0.2) is 60.8 Å². The van der Waals surface area contributed by atoms with Gasteiger partial charge in [-0.15, -0.1) is 0 Å². The molecule has 3 atom stereocenters. The van der Waals surface area contributed by atoms with Crippen LogP contribution >= 0.6 is 7.82 Å². The van der Waals surface area contributed by atoms with Crippen LogP contribution in [0.3, 0.4) is 0 Å². The van der Waals surface area contributed by atoms with Crippen molar-refractivity contribution in [2.75, 3.05) is 19.8 Å².